The summed E-state index contributed by atoms with van der Waals surface area (Å²) >= 11 is 0. The van der Waals surface area contributed by atoms with Crippen molar-refractivity contribution in [3.05, 3.63) is 41.8 Å². The molecule has 2 rings (SSSR count). The Labute approximate surface area is 105 Å². The molecule has 2 aromatic rings. The molecule has 100 valence electrons. The second-order valence-electron chi connectivity index (χ2n) is 3.74. The van der Waals surface area contributed by atoms with Crippen molar-refractivity contribution in [2.24, 2.45) is 0 Å². The lowest BCUT2D eigenvalue weighted by molar-refractivity contribution is -0.116. The van der Waals surface area contributed by atoms with Crippen LogP contribution in [-0.4, -0.2) is 15.7 Å². The van der Waals surface area contributed by atoms with Crippen LogP contribution in [0.3, 0.4) is 0 Å². The van der Waals surface area contributed by atoms with Crippen molar-refractivity contribution < 1.29 is 18.0 Å². The molecule has 0 aliphatic rings. The van der Waals surface area contributed by atoms with Gasteiger partial charge >= 0.3 is 0 Å². The lowest BCUT2D eigenvalue weighted by Gasteiger charge is -2.06. The summed E-state index contributed by atoms with van der Waals surface area (Å²) in [4.78, 5) is 11.5. The van der Waals surface area contributed by atoms with E-state index in [9.17, 15) is 18.0 Å². The third-order valence-electron chi connectivity index (χ3n) is 2.23. The Morgan fingerprint density at radius 2 is 1.95 bits per heavy atom. The molecule has 3 N–H and O–H groups in total. The van der Waals surface area contributed by atoms with Gasteiger partial charge in [0, 0.05) is 24.0 Å². The first-order valence-electron chi connectivity index (χ1n) is 5.19. The van der Waals surface area contributed by atoms with Crippen molar-refractivity contribution in [2.45, 2.75) is 6.54 Å². The topological polar surface area (TPSA) is 72.9 Å². The van der Waals surface area contributed by atoms with Gasteiger partial charge in [-0.2, -0.15) is 5.10 Å². The van der Waals surface area contributed by atoms with E-state index in [0.29, 0.717) is 12.1 Å². The van der Waals surface area contributed by atoms with Gasteiger partial charge in [0.25, 0.3) is 0 Å². The van der Waals surface area contributed by atoms with Crippen molar-refractivity contribution in [1.82, 2.24) is 9.78 Å². The van der Waals surface area contributed by atoms with Gasteiger partial charge in [-0.05, 0) is 6.07 Å². The van der Waals surface area contributed by atoms with E-state index in [4.69, 9.17) is 5.73 Å². The Balaban J connectivity index is 2.07. The number of nitrogens with zero attached hydrogens (tertiary/aromatic N) is 2. The smallest absolute Gasteiger partial charge is 0.246 e. The fourth-order valence-corrected chi connectivity index (χ4v) is 1.44. The molecule has 0 radical (unpaired) electrons. The zero-order valence-electron chi connectivity index (χ0n) is 9.53. The van der Waals surface area contributed by atoms with Gasteiger partial charge in [-0.1, -0.05) is 0 Å². The molecule has 0 fully saturated rings. The van der Waals surface area contributed by atoms with E-state index in [-0.39, 0.29) is 18.1 Å². The van der Waals surface area contributed by atoms with Gasteiger partial charge in [0.2, 0.25) is 5.91 Å². The number of benzene rings is 1. The zero-order chi connectivity index (χ0) is 14.0. The highest BCUT2D eigenvalue weighted by molar-refractivity contribution is 5.90. The summed E-state index contributed by atoms with van der Waals surface area (Å²) in [5.41, 5.74) is 5.18. The number of nitrogen functional groups attached to an aromatic ring is 1. The molecule has 1 amide bonds. The Morgan fingerprint density at radius 1 is 1.32 bits per heavy atom. The fraction of sp³-hybridized carbons (Fsp3) is 0.0909. The predicted molar refractivity (Wildman–Crippen MR) is 61.6 cm³/mol. The number of carbonyl (C=O) groups is 1. The fourth-order valence-electron chi connectivity index (χ4n) is 1.44. The van der Waals surface area contributed by atoms with Crippen LogP contribution in [0, 0.1) is 17.5 Å². The highest BCUT2D eigenvalue weighted by Gasteiger charge is 2.12. The number of halogens is 3. The number of aromatic nitrogens is 2. The maximum absolute atomic E-state index is 12.9. The van der Waals surface area contributed by atoms with Gasteiger partial charge in [-0.3, -0.25) is 9.48 Å². The third kappa shape index (κ3) is 3.03. The Kier molecular flexibility index (Phi) is 3.41. The number of amides is 1. The average Bonchev–Trinajstić information content (AvgIpc) is 2.71. The lowest BCUT2D eigenvalue weighted by Crippen LogP contribution is -2.19. The molecule has 0 unspecified atom stereocenters. The molecule has 0 saturated heterocycles. The monoisotopic (exact) mass is 270 g/mol. The molecular weight excluding hydrogens is 261 g/mol. The van der Waals surface area contributed by atoms with Crippen LogP contribution in [0.15, 0.2) is 24.4 Å². The second kappa shape index (κ2) is 5.01. The minimum absolute atomic E-state index is 0.179. The summed E-state index contributed by atoms with van der Waals surface area (Å²) < 4.78 is 39.8. The van der Waals surface area contributed by atoms with Gasteiger partial charge < -0.3 is 11.1 Å². The van der Waals surface area contributed by atoms with E-state index in [1.807, 2.05) is 0 Å². The van der Waals surface area contributed by atoms with E-state index < -0.39 is 23.4 Å². The Hall–Kier alpha value is -2.51. The van der Waals surface area contributed by atoms with Crippen molar-refractivity contribution in [2.75, 3.05) is 11.1 Å². The lowest BCUT2D eigenvalue weighted by atomic mass is 10.3. The van der Waals surface area contributed by atoms with Crippen LogP contribution in [0.2, 0.25) is 0 Å². The van der Waals surface area contributed by atoms with Gasteiger partial charge in [-0.25, -0.2) is 13.2 Å². The van der Waals surface area contributed by atoms with E-state index in [0.717, 1.165) is 0 Å². The molecule has 1 aromatic carbocycles. The highest BCUT2D eigenvalue weighted by atomic mass is 19.2. The number of nitrogens with one attached hydrogen (secondary N) is 1. The maximum atomic E-state index is 12.9. The summed E-state index contributed by atoms with van der Waals surface area (Å²) in [6, 6.07) is 2.87. The van der Waals surface area contributed by atoms with Crippen LogP contribution < -0.4 is 11.1 Å². The van der Waals surface area contributed by atoms with E-state index in [1.165, 1.54) is 16.9 Å². The van der Waals surface area contributed by atoms with E-state index in [2.05, 4.69) is 10.4 Å². The summed E-state index contributed by atoms with van der Waals surface area (Å²) in [7, 11) is 0. The van der Waals surface area contributed by atoms with Crippen molar-refractivity contribution in [3.63, 3.8) is 0 Å². The van der Waals surface area contributed by atoms with Gasteiger partial charge in [0.05, 0.1) is 0 Å². The molecule has 0 bridgehead atoms. The van der Waals surface area contributed by atoms with Crippen molar-refractivity contribution >= 4 is 17.4 Å². The molecular formula is C11H9F3N4O. The van der Waals surface area contributed by atoms with Crippen LogP contribution in [0.1, 0.15) is 0 Å². The summed E-state index contributed by atoms with van der Waals surface area (Å²) in [6.07, 6.45) is 1.47. The summed E-state index contributed by atoms with van der Waals surface area (Å²) in [5, 5.41) is 5.99. The van der Waals surface area contributed by atoms with Crippen LogP contribution in [0.4, 0.5) is 24.7 Å². The molecule has 0 saturated carbocycles. The first-order valence-corrected chi connectivity index (χ1v) is 5.19. The molecule has 0 atom stereocenters. The third-order valence-corrected chi connectivity index (χ3v) is 2.23. The van der Waals surface area contributed by atoms with Gasteiger partial charge in [-0.15, -0.1) is 0 Å². The van der Waals surface area contributed by atoms with Gasteiger partial charge in [0.15, 0.2) is 17.5 Å². The first kappa shape index (κ1) is 12.9. The highest BCUT2D eigenvalue weighted by Crippen LogP contribution is 2.17. The quantitative estimate of drug-likeness (QED) is 0.830. The number of nitrogens with two attached hydrogens (primary N) is 1. The maximum Gasteiger partial charge on any atom is 0.246 e. The minimum Gasteiger partial charge on any atom is -0.382 e. The minimum atomic E-state index is -1.59. The van der Waals surface area contributed by atoms with Crippen LogP contribution in [0.5, 0.6) is 0 Å². The number of rotatable bonds is 3. The summed E-state index contributed by atoms with van der Waals surface area (Å²) in [5.74, 6) is -4.67. The first-order chi connectivity index (χ1) is 8.95. The molecule has 19 heavy (non-hydrogen) atoms. The average molecular weight is 270 g/mol. The van der Waals surface area contributed by atoms with Crippen molar-refractivity contribution in [1.29, 1.82) is 0 Å². The Morgan fingerprint density at radius 3 is 2.47 bits per heavy atom. The van der Waals surface area contributed by atoms with Crippen molar-refractivity contribution in [3.8, 4) is 0 Å². The Bertz CT molecular complexity index is 603. The van der Waals surface area contributed by atoms with Crippen LogP contribution in [0.25, 0.3) is 0 Å². The number of anilines is 2. The summed E-state index contributed by atoms with van der Waals surface area (Å²) in [6.45, 7) is -0.183. The standard InChI is InChI=1S/C11H9F3N4O/c12-7-3-6(4-8(13)11(7)14)16-10(19)5-18-2-1-9(15)17-18/h1-4H,5H2,(H2,15,17)(H,16,19). The molecule has 5 nitrogen and oxygen atoms in total. The van der Waals surface area contributed by atoms with Crippen LogP contribution in [-0.2, 0) is 11.3 Å². The van der Waals surface area contributed by atoms with Gasteiger partial charge in [0.1, 0.15) is 12.4 Å². The van der Waals surface area contributed by atoms with E-state index >= 15 is 0 Å². The predicted octanol–water partition coefficient (Wildman–Crippen LogP) is 1.52. The van der Waals surface area contributed by atoms with E-state index in [1.54, 1.807) is 0 Å². The molecule has 0 aliphatic carbocycles. The number of hydrogen-bond acceptors (Lipinski definition) is 3. The molecule has 0 aliphatic heterocycles. The SMILES string of the molecule is Nc1ccn(CC(=O)Nc2cc(F)c(F)c(F)c2)n1. The van der Waals surface area contributed by atoms with Crippen LogP contribution >= 0.6 is 0 Å². The largest absolute Gasteiger partial charge is 0.382 e. The second-order valence-corrected chi connectivity index (χ2v) is 3.74. The zero-order valence-corrected chi connectivity index (χ0v) is 9.53. The molecule has 1 aromatic heterocycles. The number of carbonyl (C=O) groups excluding carboxylic acids is 1. The molecule has 1 heterocycles. The number of hydrogen-bond donors (Lipinski definition) is 2. The molecule has 0 spiro atoms. The molecule has 8 heteroatoms. The normalized spacial score (nSPS) is 10.5.